The van der Waals surface area contributed by atoms with Gasteiger partial charge < -0.3 is 24.9 Å². The molecular formula is C18H24N2O4. The Balaban J connectivity index is 1.84. The second kappa shape index (κ2) is 7.88. The van der Waals surface area contributed by atoms with Gasteiger partial charge in [0.25, 0.3) is 0 Å². The normalized spacial score (nSPS) is 13.2. The van der Waals surface area contributed by atoms with Crippen LogP contribution >= 0.6 is 0 Å². The monoisotopic (exact) mass is 332 g/mol. The van der Waals surface area contributed by atoms with Crippen LogP contribution in [0.25, 0.3) is 0 Å². The minimum Gasteiger partial charge on any atom is -0.497 e. The molecule has 0 aliphatic heterocycles. The molecular weight excluding hydrogens is 308 g/mol. The van der Waals surface area contributed by atoms with Gasteiger partial charge in [0.05, 0.1) is 19.3 Å². The Bertz CT molecular complexity index is 679. The number of aryl methyl sites for hydroxylation is 2. The third-order valence-corrected chi connectivity index (χ3v) is 3.85. The van der Waals surface area contributed by atoms with E-state index in [9.17, 15) is 9.90 Å². The molecule has 1 heterocycles. The smallest absolute Gasteiger partial charge is 0.315 e. The average molecular weight is 332 g/mol. The van der Waals surface area contributed by atoms with Gasteiger partial charge in [-0.15, -0.1) is 0 Å². The molecule has 24 heavy (non-hydrogen) atoms. The van der Waals surface area contributed by atoms with Crippen LogP contribution in [-0.4, -0.2) is 24.8 Å². The van der Waals surface area contributed by atoms with E-state index in [0.717, 1.165) is 22.8 Å². The van der Waals surface area contributed by atoms with Gasteiger partial charge in [0.2, 0.25) is 0 Å². The van der Waals surface area contributed by atoms with Crippen LogP contribution in [0.2, 0.25) is 0 Å². The van der Waals surface area contributed by atoms with Crippen LogP contribution in [0.5, 0.6) is 5.75 Å². The lowest BCUT2D eigenvalue weighted by Gasteiger charge is -2.16. The first-order valence-electron chi connectivity index (χ1n) is 7.84. The molecule has 2 aromatic rings. The lowest BCUT2D eigenvalue weighted by molar-refractivity contribution is 0.172. The van der Waals surface area contributed by atoms with Crippen molar-refractivity contribution in [2.24, 2.45) is 0 Å². The van der Waals surface area contributed by atoms with Crippen molar-refractivity contribution < 1.29 is 19.1 Å². The number of carbonyl (C=O) groups excluding carboxylic acids is 1. The maximum atomic E-state index is 12.0. The summed E-state index contributed by atoms with van der Waals surface area (Å²) in [7, 11) is 1.59. The Morgan fingerprint density at radius 1 is 1.29 bits per heavy atom. The molecule has 1 aromatic carbocycles. The number of aliphatic hydroxyl groups excluding tert-OH is 1. The number of aliphatic hydroxyl groups is 1. The maximum Gasteiger partial charge on any atom is 0.315 e. The Hall–Kier alpha value is -2.47. The highest BCUT2D eigenvalue weighted by Crippen LogP contribution is 2.21. The zero-order valence-corrected chi connectivity index (χ0v) is 14.4. The molecule has 0 spiro atoms. The second-order valence-corrected chi connectivity index (χ2v) is 5.73. The number of rotatable bonds is 6. The summed E-state index contributed by atoms with van der Waals surface area (Å²) in [6.07, 6.45) is -0.783. The zero-order valence-electron chi connectivity index (χ0n) is 14.4. The number of ether oxygens (including phenoxy) is 1. The Morgan fingerprint density at radius 2 is 1.96 bits per heavy atom. The highest BCUT2D eigenvalue weighted by molar-refractivity contribution is 5.74. The first-order valence-corrected chi connectivity index (χ1v) is 7.84. The summed E-state index contributed by atoms with van der Waals surface area (Å²) in [5.74, 6) is 2.32. The van der Waals surface area contributed by atoms with E-state index in [1.54, 1.807) is 31.4 Å². The molecule has 6 nitrogen and oxygen atoms in total. The molecule has 130 valence electrons. The first-order chi connectivity index (χ1) is 11.4. The predicted octanol–water partition coefficient (Wildman–Crippen LogP) is 3.00. The van der Waals surface area contributed by atoms with E-state index in [-0.39, 0.29) is 18.6 Å². The lowest BCUT2D eigenvalue weighted by Crippen LogP contribution is -2.39. The summed E-state index contributed by atoms with van der Waals surface area (Å²) in [4.78, 5) is 12.0. The van der Waals surface area contributed by atoms with E-state index >= 15 is 0 Å². The average Bonchev–Trinajstić information content (AvgIpc) is 2.91. The molecule has 0 aliphatic rings. The largest absolute Gasteiger partial charge is 0.497 e. The second-order valence-electron chi connectivity index (χ2n) is 5.73. The molecule has 0 saturated heterocycles. The molecule has 2 rings (SSSR count). The van der Waals surface area contributed by atoms with Crippen molar-refractivity contribution in [3.8, 4) is 5.75 Å². The van der Waals surface area contributed by atoms with Crippen LogP contribution in [0.1, 0.15) is 41.7 Å². The van der Waals surface area contributed by atoms with Crippen molar-refractivity contribution in [2.75, 3.05) is 13.7 Å². The third kappa shape index (κ3) is 4.52. The minimum absolute atomic E-state index is 0.119. The van der Waals surface area contributed by atoms with Crippen LogP contribution < -0.4 is 15.4 Å². The summed E-state index contributed by atoms with van der Waals surface area (Å²) in [5, 5.41) is 15.6. The van der Waals surface area contributed by atoms with Gasteiger partial charge in [-0.05, 0) is 44.5 Å². The zero-order chi connectivity index (χ0) is 17.7. The number of carbonyl (C=O) groups is 1. The van der Waals surface area contributed by atoms with Gasteiger partial charge in [0.15, 0.2) is 0 Å². The fourth-order valence-corrected chi connectivity index (χ4v) is 2.54. The van der Waals surface area contributed by atoms with Crippen molar-refractivity contribution in [3.05, 3.63) is 53.0 Å². The molecule has 0 bridgehead atoms. The van der Waals surface area contributed by atoms with E-state index in [1.807, 2.05) is 26.8 Å². The Kier molecular flexibility index (Phi) is 5.87. The molecule has 2 amide bonds. The number of urea groups is 1. The summed E-state index contributed by atoms with van der Waals surface area (Å²) in [6, 6.07) is 8.46. The quantitative estimate of drug-likeness (QED) is 0.759. The van der Waals surface area contributed by atoms with Crippen molar-refractivity contribution >= 4 is 6.03 Å². The fraction of sp³-hybridized carbons (Fsp3) is 0.389. The standard InChI is InChI=1S/C18H24N2O4/c1-11-9-16(13(3)24-11)12(2)20-18(22)19-10-17(21)14-5-7-15(23-4)8-6-14/h5-9,12,17,21H,10H2,1-4H3,(H2,19,20,22). The molecule has 0 fully saturated rings. The third-order valence-electron chi connectivity index (χ3n) is 3.85. The van der Waals surface area contributed by atoms with Gasteiger partial charge in [-0.3, -0.25) is 0 Å². The van der Waals surface area contributed by atoms with Gasteiger partial charge in [0, 0.05) is 12.1 Å². The molecule has 6 heteroatoms. The van der Waals surface area contributed by atoms with Crippen molar-refractivity contribution in [1.29, 1.82) is 0 Å². The van der Waals surface area contributed by atoms with Gasteiger partial charge in [-0.2, -0.15) is 0 Å². The fourth-order valence-electron chi connectivity index (χ4n) is 2.54. The molecule has 3 N–H and O–H groups in total. The Morgan fingerprint density at radius 3 is 2.50 bits per heavy atom. The summed E-state index contributed by atoms with van der Waals surface area (Å²) in [6.45, 7) is 5.74. The predicted molar refractivity (Wildman–Crippen MR) is 91.1 cm³/mol. The van der Waals surface area contributed by atoms with E-state index in [2.05, 4.69) is 10.6 Å². The summed E-state index contributed by atoms with van der Waals surface area (Å²) < 4.78 is 10.5. The van der Waals surface area contributed by atoms with Crippen LogP contribution in [-0.2, 0) is 0 Å². The number of benzene rings is 1. The van der Waals surface area contributed by atoms with E-state index in [4.69, 9.17) is 9.15 Å². The van der Waals surface area contributed by atoms with Crippen LogP contribution in [0.4, 0.5) is 4.79 Å². The Labute approximate surface area is 141 Å². The maximum absolute atomic E-state index is 12.0. The molecule has 0 aliphatic carbocycles. The van der Waals surface area contributed by atoms with Crippen LogP contribution in [0.3, 0.4) is 0 Å². The SMILES string of the molecule is COc1ccc(C(O)CNC(=O)NC(C)c2cc(C)oc2C)cc1. The van der Waals surface area contributed by atoms with E-state index in [0.29, 0.717) is 5.56 Å². The van der Waals surface area contributed by atoms with Gasteiger partial charge >= 0.3 is 6.03 Å². The summed E-state index contributed by atoms with van der Waals surface area (Å²) >= 11 is 0. The number of methoxy groups -OCH3 is 1. The number of hydrogen-bond donors (Lipinski definition) is 3. The molecule has 1 aromatic heterocycles. The number of nitrogens with one attached hydrogen (secondary N) is 2. The van der Waals surface area contributed by atoms with E-state index in [1.165, 1.54) is 0 Å². The highest BCUT2D eigenvalue weighted by Gasteiger charge is 2.16. The molecule has 2 unspecified atom stereocenters. The van der Waals surface area contributed by atoms with Gasteiger partial charge in [0.1, 0.15) is 17.3 Å². The van der Waals surface area contributed by atoms with Crippen LogP contribution in [0.15, 0.2) is 34.7 Å². The molecule has 0 saturated carbocycles. The van der Waals surface area contributed by atoms with Crippen LogP contribution in [0, 0.1) is 13.8 Å². The molecule has 0 radical (unpaired) electrons. The van der Waals surface area contributed by atoms with Crippen molar-refractivity contribution in [1.82, 2.24) is 10.6 Å². The topological polar surface area (TPSA) is 83.7 Å². The molecule has 2 atom stereocenters. The number of furan rings is 1. The number of hydrogen-bond acceptors (Lipinski definition) is 4. The minimum atomic E-state index is -0.783. The first kappa shape index (κ1) is 17.9. The lowest BCUT2D eigenvalue weighted by atomic mass is 10.1. The van der Waals surface area contributed by atoms with E-state index < -0.39 is 6.10 Å². The van der Waals surface area contributed by atoms with Gasteiger partial charge in [-0.1, -0.05) is 12.1 Å². The van der Waals surface area contributed by atoms with Crippen molar-refractivity contribution in [2.45, 2.75) is 32.9 Å². The summed E-state index contributed by atoms with van der Waals surface area (Å²) in [5.41, 5.74) is 1.66. The van der Waals surface area contributed by atoms with Crippen molar-refractivity contribution in [3.63, 3.8) is 0 Å². The number of amides is 2. The highest BCUT2D eigenvalue weighted by atomic mass is 16.5. The van der Waals surface area contributed by atoms with Gasteiger partial charge in [-0.25, -0.2) is 4.79 Å².